The summed E-state index contributed by atoms with van der Waals surface area (Å²) < 4.78 is 11.1. The second-order valence-electron chi connectivity index (χ2n) is 8.76. The lowest BCUT2D eigenvalue weighted by molar-refractivity contribution is -0.139. The van der Waals surface area contributed by atoms with Gasteiger partial charge >= 0.3 is 0 Å². The zero-order chi connectivity index (χ0) is 21.0. The topological polar surface area (TPSA) is 75.9 Å². The summed E-state index contributed by atoms with van der Waals surface area (Å²) in [5, 5.41) is 3.88. The van der Waals surface area contributed by atoms with E-state index < -0.39 is 17.4 Å². The first-order valence-electron chi connectivity index (χ1n) is 10.3. The van der Waals surface area contributed by atoms with Crippen molar-refractivity contribution in [1.82, 2.24) is 10.1 Å². The fourth-order valence-corrected chi connectivity index (χ4v) is 4.93. The van der Waals surface area contributed by atoms with E-state index in [0.717, 1.165) is 5.69 Å². The normalized spacial score (nSPS) is 29.1. The van der Waals surface area contributed by atoms with Crippen LogP contribution in [0.1, 0.15) is 31.0 Å². The smallest absolute Gasteiger partial charge is 0.234 e. The third-order valence-corrected chi connectivity index (χ3v) is 6.52. The Bertz CT molecular complexity index is 998. The molecule has 0 N–H and O–H groups in total. The molecule has 0 radical (unpaired) electrons. The Morgan fingerprint density at radius 2 is 2.07 bits per heavy atom. The lowest BCUT2D eigenvalue weighted by atomic mass is 9.76. The number of ether oxygens (including phenoxy) is 1. The molecule has 4 heterocycles. The SMILES string of the molecule is CC(C)c1ccc(N2C[C@]34C=C[C@H](O3)[C@@H](C(=O)N(C)Cc3ccon3)[C@H]4C2=O)cc1. The maximum atomic E-state index is 13.5. The number of hydrogen-bond donors (Lipinski definition) is 0. The first-order valence-corrected chi connectivity index (χ1v) is 10.3. The zero-order valence-corrected chi connectivity index (χ0v) is 17.3. The number of carbonyl (C=O) groups excluding carboxylic acids is 2. The van der Waals surface area contributed by atoms with Gasteiger partial charge in [0.25, 0.3) is 0 Å². The highest BCUT2D eigenvalue weighted by Crippen LogP contribution is 2.53. The summed E-state index contributed by atoms with van der Waals surface area (Å²) in [6.07, 6.45) is 5.03. The zero-order valence-electron chi connectivity index (χ0n) is 17.3. The molecule has 2 saturated heterocycles. The van der Waals surface area contributed by atoms with E-state index in [4.69, 9.17) is 9.26 Å². The number of fused-ring (bicyclic) bond motifs is 1. The molecule has 0 unspecified atom stereocenters. The van der Waals surface area contributed by atoms with Crippen molar-refractivity contribution in [2.75, 3.05) is 18.5 Å². The van der Waals surface area contributed by atoms with E-state index in [1.807, 2.05) is 24.3 Å². The van der Waals surface area contributed by atoms with Crippen molar-refractivity contribution in [3.8, 4) is 0 Å². The highest BCUT2D eigenvalue weighted by molar-refractivity contribution is 6.03. The summed E-state index contributed by atoms with van der Waals surface area (Å²) in [6.45, 7) is 5.04. The number of amides is 2. The second kappa shape index (κ2) is 6.80. The molecule has 156 valence electrons. The molecule has 2 aromatic rings. The van der Waals surface area contributed by atoms with Crippen LogP contribution in [0.2, 0.25) is 0 Å². The largest absolute Gasteiger partial charge is 0.364 e. The van der Waals surface area contributed by atoms with Crippen molar-refractivity contribution in [1.29, 1.82) is 0 Å². The van der Waals surface area contributed by atoms with Crippen LogP contribution in [-0.4, -0.2) is 47.2 Å². The van der Waals surface area contributed by atoms with Gasteiger partial charge in [0.1, 0.15) is 17.6 Å². The number of nitrogens with zero attached hydrogens (tertiary/aromatic N) is 3. The molecule has 2 bridgehead atoms. The van der Waals surface area contributed by atoms with Gasteiger partial charge in [-0.15, -0.1) is 0 Å². The standard InChI is InChI=1S/C23H25N3O4/c1-14(2)15-4-6-17(7-5-15)26-13-23-10-8-18(30-23)19(20(23)22(26)28)21(27)25(3)12-16-9-11-29-24-16/h4-11,14,18-20H,12-13H2,1-3H3/t18-,19+,20-,23-/m0/s1. The van der Waals surface area contributed by atoms with Crippen LogP contribution < -0.4 is 4.90 Å². The average molecular weight is 407 g/mol. The minimum Gasteiger partial charge on any atom is -0.364 e. The van der Waals surface area contributed by atoms with Gasteiger partial charge in [-0.25, -0.2) is 0 Å². The van der Waals surface area contributed by atoms with Gasteiger partial charge in [-0.1, -0.05) is 43.3 Å². The van der Waals surface area contributed by atoms with Gasteiger partial charge in [-0.05, 0) is 23.6 Å². The Labute approximate surface area is 175 Å². The molecule has 1 spiro atoms. The van der Waals surface area contributed by atoms with E-state index in [1.54, 1.807) is 22.9 Å². The average Bonchev–Trinajstić information content (AvgIpc) is 3.50. The Balaban J connectivity index is 1.40. The Hall–Kier alpha value is -2.93. The number of aromatic nitrogens is 1. The first kappa shape index (κ1) is 19.1. The van der Waals surface area contributed by atoms with Crippen LogP contribution in [0.3, 0.4) is 0 Å². The molecule has 2 amide bonds. The van der Waals surface area contributed by atoms with Gasteiger partial charge < -0.3 is 19.1 Å². The van der Waals surface area contributed by atoms with Crippen molar-refractivity contribution in [3.05, 3.63) is 60.0 Å². The first-order chi connectivity index (χ1) is 14.4. The number of benzene rings is 1. The summed E-state index contributed by atoms with van der Waals surface area (Å²) in [6, 6.07) is 9.80. The van der Waals surface area contributed by atoms with E-state index in [2.05, 4.69) is 31.1 Å². The van der Waals surface area contributed by atoms with E-state index >= 15 is 0 Å². The van der Waals surface area contributed by atoms with Crippen LogP contribution in [0.25, 0.3) is 0 Å². The fraction of sp³-hybridized carbons (Fsp3) is 0.435. The maximum Gasteiger partial charge on any atom is 0.234 e. The summed E-state index contributed by atoms with van der Waals surface area (Å²) in [5.74, 6) is -0.767. The van der Waals surface area contributed by atoms with E-state index in [0.29, 0.717) is 24.7 Å². The van der Waals surface area contributed by atoms with Crippen LogP contribution in [0.5, 0.6) is 0 Å². The van der Waals surface area contributed by atoms with E-state index in [1.165, 1.54) is 11.8 Å². The van der Waals surface area contributed by atoms with Crippen molar-refractivity contribution < 1.29 is 18.8 Å². The van der Waals surface area contributed by atoms with Crippen LogP contribution in [0, 0.1) is 11.8 Å². The van der Waals surface area contributed by atoms with Crippen molar-refractivity contribution in [2.24, 2.45) is 11.8 Å². The Kier molecular flexibility index (Phi) is 4.32. The molecular weight excluding hydrogens is 382 g/mol. The second-order valence-corrected chi connectivity index (χ2v) is 8.76. The maximum absolute atomic E-state index is 13.5. The Morgan fingerprint density at radius 1 is 1.30 bits per heavy atom. The van der Waals surface area contributed by atoms with Crippen molar-refractivity contribution in [2.45, 2.75) is 38.0 Å². The molecule has 1 aromatic heterocycles. The molecule has 3 aliphatic rings. The van der Waals surface area contributed by atoms with Gasteiger partial charge in [-0.3, -0.25) is 9.59 Å². The molecule has 0 aliphatic carbocycles. The van der Waals surface area contributed by atoms with Crippen LogP contribution in [0.4, 0.5) is 5.69 Å². The lowest BCUT2D eigenvalue weighted by Crippen LogP contribution is -2.44. The predicted molar refractivity (Wildman–Crippen MR) is 110 cm³/mol. The minimum atomic E-state index is -0.729. The third-order valence-electron chi connectivity index (χ3n) is 6.52. The molecular formula is C23H25N3O4. The van der Waals surface area contributed by atoms with Crippen LogP contribution >= 0.6 is 0 Å². The van der Waals surface area contributed by atoms with E-state index in [9.17, 15) is 9.59 Å². The molecule has 1 aromatic carbocycles. The lowest BCUT2D eigenvalue weighted by Gasteiger charge is -2.27. The van der Waals surface area contributed by atoms with Crippen molar-refractivity contribution in [3.63, 3.8) is 0 Å². The summed E-state index contributed by atoms with van der Waals surface area (Å²) in [4.78, 5) is 30.1. The summed E-state index contributed by atoms with van der Waals surface area (Å²) in [7, 11) is 1.72. The molecule has 0 saturated carbocycles. The molecule has 7 heteroatoms. The van der Waals surface area contributed by atoms with Crippen LogP contribution in [0.15, 0.2) is 53.3 Å². The molecule has 7 nitrogen and oxygen atoms in total. The number of hydrogen-bond acceptors (Lipinski definition) is 5. The highest BCUT2D eigenvalue weighted by Gasteiger charge is 2.67. The van der Waals surface area contributed by atoms with E-state index in [-0.39, 0.29) is 17.9 Å². The van der Waals surface area contributed by atoms with Crippen molar-refractivity contribution >= 4 is 17.5 Å². The molecule has 30 heavy (non-hydrogen) atoms. The quantitative estimate of drug-likeness (QED) is 0.713. The highest BCUT2D eigenvalue weighted by atomic mass is 16.5. The van der Waals surface area contributed by atoms with Crippen LogP contribution in [-0.2, 0) is 20.9 Å². The third kappa shape index (κ3) is 2.80. The molecule has 5 rings (SSSR count). The monoisotopic (exact) mass is 407 g/mol. The number of rotatable bonds is 5. The summed E-state index contributed by atoms with van der Waals surface area (Å²) in [5.41, 5.74) is 2.01. The van der Waals surface area contributed by atoms with Gasteiger partial charge in [0, 0.05) is 18.8 Å². The molecule has 2 fully saturated rings. The van der Waals surface area contributed by atoms with Gasteiger partial charge in [0.2, 0.25) is 11.8 Å². The van der Waals surface area contributed by atoms with Gasteiger partial charge in [0.15, 0.2) is 0 Å². The number of carbonyl (C=O) groups is 2. The van der Waals surface area contributed by atoms with Gasteiger partial charge in [-0.2, -0.15) is 0 Å². The molecule has 4 atom stereocenters. The van der Waals surface area contributed by atoms with Gasteiger partial charge in [0.05, 0.1) is 31.0 Å². The minimum absolute atomic E-state index is 0.0488. The Morgan fingerprint density at radius 3 is 2.73 bits per heavy atom. The predicted octanol–water partition coefficient (Wildman–Crippen LogP) is 2.74. The summed E-state index contributed by atoms with van der Waals surface area (Å²) >= 11 is 0. The number of anilines is 1. The fourth-order valence-electron chi connectivity index (χ4n) is 4.93. The molecule has 3 aliphatic heterocycles.